The van der Waals surface area contributed by atoms with Crippen LogP contribution in [0.4, 0.5) is 0 Å². The Morgan fingerprint density at radius 1 is 1.07 bits per heavy atom. The normalized spacial score (nSPS) is 10.6. The van der Waals surface area contributed by atoms with Gasteiger partial charge in [0.15, 0.2) is 17.5 Å². The fraction of sp³-hybridized carbons (Fsp3) is 0.211. The van der Waals surface area contributed by atoms with Crippen LogP contribution < -0.4 is 9.47 Å². The lowest BCUT2D eigenvalue weighted by atomic mass is 10.1. The summed E-state index contributed by atoms with van der Waals surface area (Å²) in [5.74, 6) is 0.996. The van der Waals surface area contributed by atoms with Crippen molar-refractivity contribution in [1.82, 2.24) is 9.97 Å². The van der Waals surface area contributed by atoms with Gasteiger partial charge in [0, 0.05) is 11.6 Å². The molecule has 0 atom stereocenters. The fourth-order valence-electron chi connectivity index (χ4n) is 2.32. The van der Waals surface area contributed by atoms with Gasteiger partial charge >= 0.3 is 5.97 Å². The van der Waals surface area contributed by atoms with E-state index in [9.17, 15) is 9.59 Å². The van der Waals surface area contributed by atoms with Crippen molar-refractivity contribution >= 4 is 34.5 Å². The van der Waals surface area contributed by atoms with Crippen LogP contribution in [-0.2, 0) is 9.53 Å². The Morgan fingerprint density at radius 3 is 2.52 bits per heavy atom. The Labute approximate surface area is 160 Å². The number of nitrogens with one attached hydrogen (secondary N) is 1. The van der Waals surface area contributed by atoms with Crippen molar-refractivity contribution in [2.75, 3.05) is 26.6 Å². The van der Waals surface area contributed by atoms with E-state index < -0.39 is 5.97 Å². The van der Waals surface area contributed by atoms with Gasteiger partial charge in [-0.1, -0.05) is 11.8 Å². The molecule has 8 heteroatoms. The molecule has 0 aliphatic rings. The maximum Gasteiger partial charge on any atom is 0.343 e. The number of methoxy groups -OCH3 is 2. The lowest BCUT2D eigenvalue weighted by Gasteiger charge is -2.05. The summed E-state index contributed by atoms with van der Waals surface area (Å²) in [5.41, 5.74) is 2.24. The molecule has 0 saturated carbocycles. The van der Waals surface area contributed by atoms with Crippen LogP contribution in [0.2, 0.25) is 0 Å². The van der Waals surface area contributed by atoms with Crippen LogP contribution >= 0.6 is 11.8 Å². The molecule has 1 heterocycles. The number of rotatable bonds is 8. The molecule has 0 aliphatic heterocycles. The fourth-order valence-corrected chi connectivity index (χ4v) is 3.10. The molecule has 0 unspecified atom stereocenters. The van der Waals surface area contributed by atoms with Gasteiger partial charge in [-0.2, -0.15) is 0 Å². The van der Waals surface area contributed by atoms with E-state index in [4.69, 9.17) is 9.47 Å². The van der Waals surface area contributed by atoms with Crippen LogP contribution in [0.25, 0.3) is 11.0 Å². The molecule has 0 saturated heterocycles. The molecule has 0 spiro atoms. The topological polar surface area (TPSA) is 90.5 Å². The van der Waals surface area contributed by atoms with Gasteiger partial charge in [-0.25, -0.2) is 9.78 Å². The monoisotopic (exact) mass is 386 g/mol. The molecular formula is C19H18N2O5S. The number of Topliss-reactive ketones (excluding diaryl/α,β-unsaturated/α-hetero) is 1. The first-order chi connectivity index (χ1) is 13.1. The Morgan fingerprint density at radius 2 is 1.81 bits per heavy atom. The van der Waals surface area contributed by atoms with Crippen molar-refractivity contribution in [1.29, 1.82) is 0 Å². The number of hydrogen-bond acceptors (Lipinski definition) is 7. The molecule has 1 aromatic heterocycles. The first kappa shape index (κ1) is 18.8. The maximum atomic E-state index is 12.4. The van der Waals surface area contributed by atoms with Crippen LogP contribution in [0.15, 0.2) is 47.6 Å². The lowest BCUT2D eigenvalue weighted by Crippen LogP contribution is -2.12. The largest absolute Gasteiger partial charge is 0.497 e. The number of esters is 1. The first-order valence-corrected chi connectivity index (χ1v) is 9.07. The van der Waals surface area contributed by atoms with Gasteiger partial charge < -0.3 is 19.2 Å². The zero-order chi connectivity index (χ0) is 19.2. The maximum absolute atomic E-state index is 12.4. The Hall–Kier alpha value is -3.00. The van der Waals surface area contributed by atoms with Gasteiger partial charge in [-0.15, -0.1) is 0 Å². The number of carbonyl (C=O) groups is 2. The smallest absolute Gasteiger partial charge is 0.343 e. The Bertz CT molecular complexity index is 952. The molecule has 3 aromatic rings. The number of thioether (sulfide) groups is 1. The van der Waals surface area contributed by atoms with Crippen molar-refractivity contribution < 1.29 is 23.8 Å². The minimum Gasteiger partial charge on any atom is -0.497 e. The zero-order valence-corrected chi connectivity index (χ0v) is 15.7. The van der Waals surface area contributed by atoms with E-state index in [0.717, 1.165) is 16.8 Å². The molecule has 0 amide bonds. The third-order valence-corrected chi connectivity index (χ3v) is 4.64. The van der Waals surface area contributed by atoms with Gasteiger partial charge in [0.1, 0.15) is 11.5 Å². The van der Waals surface area contributed by atoms with Gasteiger partial charge in [0.25, 0.3) is 0 Å². The second-order valence-corrected chi connectivity index (χ2v) is 6.49. The highest BCUT2D eigenvalue weighted by Gasteiger charge is 2.10. The van der Waals surface area contributed by atoms with Crippen LogP contribution in [-0.4, -0.2) is 48.3 Å². The number of carbonyl (C=O) groups excluding carboxylic acids is 2. The second-order valence-electron chi connectivity index (χ2n) is 5.53. The molecule has 0 radical (unpaired) electrons. The average Bonchev–Trinajstić information content (AvgIpc) is 3.12. The molecule has 1 N–H and O–H groups in total. The molecule has 3 rings (SSSR count). The average molecular weight is 386 g/mol. The number of nitrogens with zero attached hydrogens (tertiary/aromatic N) is 1. The Kier molecular flexibility index (Phi) is 5.97. The van der Waals surface area contributed by atoms with Crippen molar-refractivity contribution in [2.24, 2.45) is 0 Å². The molecule has 27 heavy (non-hydrogen) atoms. The third-order valence-electron chi connectivity index (χ3n) is 3.77. The van der Waals surface area contributed by atoms with E-state index >= 15 is 0 Å². The lowest BCUT2D eigenvalue weighted by molar-refractivity contribution is -0.142. The van der Waals surface area contributed by atoms with Gasteiger partial charge in [-0.05, 0) is 36.4 Å². The van der Waals surface area contributed by atoms with Crippen LogP contribution in [0, 0.1) is 0 Å². The number of ether oxygens (including phenoxy) is 3. The minimum absolute atomic E-state index is 0.0300. The van der Waals surface area contributed by atoms with Crippen molar-refractivity contribution in [3.05, 3.63) is 48.0 Å². The van der Waals surface area contributed by atoms with Gasteiger partial charge in [0.05, 0.1) is 31.0 Å². The summed E-state index contributed by atoms with van der Waals surface area (Å²) in [6.45, 7) is -0.170. The highest BCUT2D eigenvalue weighted by Crippen LogP contribution is 2.24. The van der Waals surface area contributed by atoms with Crippen molar-refractivity contribution in [3.63, 3.8) is 0 Å². The summed E-state index contributed by atoms with van der Waals surface area (Å²) in [6, 6.07) is 12.2. The second kappa shape index (κ2) is 8.59. The summed E-state index contributed by atoms with van der Waals surface area (Å²) < 4.78 is 15.0. The number of ketones is 1. The molecule has 0 aliphatic carbocycles. The summed E-state index contributed by atoms with van der Waals surface area (Å²) in [4.78, 5) is 31.0. The number of benzene rings is 2. The SMILES string of the molecule is COC(=O)COc1ccc(C(=O)CSc2nc3ccc(OC)cc3[nH]2)cc1. The number of H-pyrrole nitrogens is 1. The molecule has 0 bridgehead atoms. The minimum atomic E-state index is -0.463. The van der Waals surface area contributed by atoms with E-state index in [0.29, 0.717) is 16.5 Å². The van der Waals surface area contributed by atoms with Crippen LogP contribution in [0.5, 0.6) is 11.5 Å². The molecule has 7 nitrogen and oxygen atoms in total. The summed E-state index contributed by atoms with van der Waals surface area (Å²) >= 11 is 1.33. The summed E-state index contributed by atoms with van der Waals surface area (Å²) in [5, 5.41) is 0.671. The standard InChI is InChI=1S/C19H18N2O5S/c1-24-14-7-8-15-16(9-14)21-19(20-15)27-11-17(22)12-3-5-13(6-4-12)26-10-18(23)25-2/h3-9H,10-11H2,1-2H3,(H,20,21). The number of fused-ring (bicyclic) bond motifs is 1. The summed E-state index contributed by atoms with van der Waals surface area (Å²) in [7, 11) is 2.90. The summed E-state index contributed by atoms with van der Waals surface area (Å²) in [6.07, 6.45) is 0. The highest BCUT2D eigenvalue weighted by atomic mass is 32.2. The zero-order valence-electron chi connectivity index (χ0n) is 14.9. The molecule has 2 aromatic carbocycles. The number of imidazole rings is 1. The van der Waals surface area contributed by atoms with E-state index in [2.05, 4.69) is 14.7 Å². The molecular weight excluding hydrogens is 368 g/mol. The quantitative estimate of drug-likeness (QED) is 0.361. The van der Waals surface area contributed by atoms with Crippen LogP contribution in [0.3, 0.4) is 0 Å². The third kappa shape index (κ3) is 4.79. The predicted molar refractivity (Wildman–Crippen MR) is 102 cm³/mol. The van der Waals surface area contributed by atoms with E-state index in [-0.39, 0.29) is 18.1 Å². The van der Waals surface area contributed by atoms with Crippen LogP contribution in [0.1, 0.15) is 10.4 Å². The van der Waals surface area contributed by atoms with Crippen molar-refractivity contribution in [2.45, 2.75) is 5.16 Å². The van der Waals surface area contributed by atoms with Gasteiger partial charge in [0.2, 0.25) is 0 Å². The van der Waals surface area contributed by atoms with Gasteiger partial charge in [-0.3, -0.25) is 4.79 Å². The van der Waals surface area contributed by atoms with E-state index in [1.54, 1.807) is 31.4 Å². The van der Waals surface area contributed by atoms with E-state index in [1.165, 1.54) is 18.9 Å². The first-order valence-electron chi connectivity index (χ1n) is 8.08. The number of hydrogen-bond donors (Lipinski definition) is 1. The predicted octanol–water partition coefficient (Wildman–Crippen LogP) is 3.10. The molecule has 140 valence electrons. The molecule has 0 fully saturated rings. The van der Waals surface area contributed by atoms with E-state index in [1.807, 2.05) is 18.2 Å². The number of aromatic nitrogens is 2. The number of aromatic amines is 1. The Balaban J connectivity index is 1.58. The highest BCUT2D eigenvalue weighted by molar-refractivity contribution is 7.99. The van der Waals surface area contributed by atoms with Crippen molar-refractivity contribution in [3.8, 4) is 11.5 Å².